The van der Waals surface area contributed by atoms with Crippen molar-refractivity contribution in [3.63, 3.8) is 0 Å². The highest BCUT2D eigenvalue weighted by atomic mass is 32.1. The van der Waals surface area contributed by atoms with Gasteiger partial charge in [-0.25, -0.2) is 4.98 Å². The van der Waals surface area contributed by atoms with E-state index in [2.05, 4.69) is 4.98 Å². The summed E-state index contributed by atoms with van der Waals surface area (Å²) in [6, 6.07) is 0. The Bertz CT molecular complexity index is 454. The summed E-state index contributed by atoms with van der Waals surface area (Å²) < 4.78 is 1.87. The van der Waals surface area contributed by atoms with E-state index < -0.39 is 11.9 Å². The molecule has 0 aromatic carbocycles. The van der Waals surface area contributed by atoms with Gasteiger partial charge in [-0.3, -0.25) is 9.20 Å². The van der Waals surface area contributed by atoms with Crippen molar-refractivity contribution < 1.29 is 9.90 Å². The zero-order valence-corrected chi connectivity index (χ0v) is 8.71. The number of aryl methyl sites for hydroxylation is 1. The molecular formula is C9H10N2O2S. The third-order valence-electron chi connectivity index (χ3n) is 2.09. The largest absolute Gasteiger partial charge is 0.481 e. The molecule has 0 aliphatic heterocycles. The molecule has 74 valence electrons. The van der Waals surface area contributed by atoms with E-state index in [1.807, 2.05) is 23.7 Å². The second-order valence-electron chi connectivity index (χ2n) is 3.27. The van der Waals surface area contributed by atoms with Crippen molar-refractivity contribution in [1.29, 1.82) is 0 Å². The van der Waals surface area contributed by atoms with Gasteiger partial charge in [-0.05, 0) is 13.8 Å². The fraction of sp³-hybridized carbons (Fsp3) is 0.333. The van der Waals surface area contributed by atoms with Gasteiger partial charge in [-0.2, -0.15) is 0 Å². The van der Waals surface area contributed by atoms with Crippen LogP contribution in [0.4, 0.5) is 0 Å². The molecule has 0 fully saturated rings. The molecule has 0 amide bonds. The molecule has 14 heavy (non-hydrogen) atoms. The molecule has 5 heteroatoms. The van der Waals surface area contributed by atoms with Gasteiger partial charge in [-0.15, -0.1) is 11.3 Å². The van der Waals surface area contributed by atoms with Crippen molar-refractivity contribution >= 4 is 22.3 Å². The first-order chi connectivity index (χ1) is 6.58. The number of rotatable bonds is 2. The first kappa shape index (κ1) is 9.21. The molecule has 2 rings (SSSR count). The third kappa shape index (κ3) is 1.39. The number of carbonyl (C=O) groups is 1. The lowest BCUT2D eigenvalue weighted by molar-refractivity contribution is -0.138. The molecule has 1 unspecified atom stereocenters. The molecule has 0 radical (unpaired) electrons. The Hall–Kier alpha value is -1.36. The summed E-state index contributed by atoms with van der Waals surface area (Å²) in [6.45, 7) is 3.60. The molecule has 0 saturated heterocycles. The van der Waals surface area contributed by atoms with Crippen LogP contribution in [-0.2, 0) is 4.79 Å². The maximum atomic E-state index is 10.7. The number of hydrogen-bond donors (Lipinski definition) is 1. The molecule has 0 aliphatic rings. The Kier molecular flexibility index (Phi) is 2.03. The van der Waals surface area contributed by atoms with E-state index in [1.54, 1.807) is 6.92 Å². The SMILES string of the molecule is Cc1cn2cc(C(C)C(=O)O)sc2n1. The van der Waals surface area contributed by atoms with Crippen molar-refractivity contribution in [2.24, 2.45) is 0 Å². The highest BCUT2D eigenvalue weighted by Crippen LogP contribution is 2.25. The van der Waals surface area contributed by atoms with Crippen LogP contribution in [0.25, 0.3) is 4.96 Å². The lowest BCUT2D eigenvalue weighted by Gasteiger charge is -1.99. The smallest absolute Gasteiger partial charge is 0.311 e. The second kappa shape index (κ2) is 3.09. The Morgan fingerprint density at radius 1 is 1.64 bits per heavy atom. The van der Waals surface area contributed by atoms with Crippen molar-refractivity contribution in [1.82, 2.24) is 9.38 Å². The van der Waals surface area contributed by atoms with E-state index in [9.17, 15) is 4.79 Å². The van der Waals surface area contributed by atoms with Crippen LogP contribution in [0.3, 0.4) is 0 Å². The Balaban J connectivity index is 2.45. The van der Waals surface area contributed by atoms with Gasteiger partial charge in [-0.1, -0.05) is 0 Å². The molecule has 0 saturated carbocycles. The van der Waals surface area contributed by atoms with E-state index in [0.717, 1.165) is 15.5 Å². The molecule has 1 atom stereocenters. The Morgan fingerprint density at radius 2 is 2.36 bits per heavy atom. The Morgan fingerprint density at radius 3 is 2.93 bits per heavy atom. The first-order valence-corrected chi connectivity index (χ1v) is 5.07. The molecule has 0 aliphatic carbocycles. The maximum Gasteiger partial charge on any atom is 0.311 e. The molecule has 2 aromatic heterocycles. The number of imidazole rings is 1. The molecule has 1 N–H and O–H groups in total. The molecule has 4 nitrogen and oxygen atoms in total. The molecule has 2 heterocycles. The predicted octanol–water partition coefficient (Wildman–Crippen LogP) is 1.89. The van der Waals surface area contributed by atoms with Gasteiger partial charge in [0.05, 0.1) is 11.6 Å². The van der Waals surface area contributed by atoms with Crippen LogP contribution in [0, 0.1) is 6.92 Å². The highest BCUT2D eigenvalue weighted by Gasteiger charge is 2.17. The van der Waals surface area contributed by atoms with E-state index in [4.69, 9.17) is 5.11 Å². The van der Waals surface area contributed by atoms with Crippen molar-refractivity contribution in [3.8, 4) is 0 Å². The minimum Gasteiger partial charge on any atom is -0.481 e. The van der Waals surface area contributed by atoms with Crippen molar-refractivity contribution in [2.45, 2.75) is 19.8 Å². The van der Waals surface area contributed by atoms with E-state index in [1.165, 1.54) is 11.3 Å². The Labute approximate surface area is 84.8 Å². The number of nitrogens with zero attached hydrogens (tertiary/aromatic N) is 2. The van der Waals surface area contributed by atoms with E-state index in [-0.39, 0.29) is 0 Å². The van der Waals surface area contributed by atoms with Crippen molar-refractivity contribution in [2.75, 3.05) is 0 Å². The molecule has 2 aromatic rings. The van der Waals surface area contributed by atoms with Gasteiger partial charge in [0, 0.05) is 17.3 Å². The quantitative estimate of drug-likeness (QED) is 0.823. The van der Waals surface area contributed by atoms with Gasteiger partial charge in [0.25, 0.3) is 0 Å². The van der Waals surface area contributed by atoms with Gasteiger partial charge in [0.1, 0.15) is 0 Å². The summed E-state index contributed by atoms with van der Waals surface area (Å²) >= 11 is 1.43. The molecule has 0 spiro atoms. The van der Waals surface area contributed by atoms with Gasteiger partial charge >= 0.3 is 5.97 Å². The summed E-state index contributed by atoms with van der Waals surface area (Å²) in [4.78, 5) is 16.7. The van der Waals surface area contributed by atoms with E-state index >= 15 is 0 Å². The van der Waals surface area contributed by atoms with Crippen LogP contribution in [-0.4, -0.2) is 20.5 Å². The van der Waals surface area contributed by atoms with Crippen LogP contribution < -0.4 is 0 Å². The van der Waals surface area contributed by atoms with Crippen LogP contribution >= 0.6 is 11.3 Å². The van der Waals surface area contributed by atoms with Crippen LogP contribution in [0.5, 0.6) is 0 Å². The molecular weight excluding hydrogens is 200 g/mol. The minimum atomic E-state index is -0.800. The normalized spacial score (nSPS) is 13.3. The number of carboxylic acid groups (broad SMARTS) is 1. The van der Waals surface area contributed by atoms with Crippen LogP contribution in [0.15, 0.2) is 12.4 Å². The van der Waals surface area contributed by atoms with Crippen LogP contribution in [0.2, 0.25) is 0 Å². The average Bonchev–Trinajstić information content (AvgIpc) is 2.59. The monoisotopic (exact) mass is 210 g/mol. The third-order valence-corrected chi connectivity index (χ3v) is 3.27. The van der Waals surface area contributed by atoms with Gasteiger partial charge in [0.2, 0.25) is 0 Å². The molecule has 0 bridgehead atoms. The second-order valence-corrected chi connectivity index (χ2v) is 4.31. The highest BCUT2D eigenvalue weighted by molar-refractivity contribution is 7.17. The lowest BCUT2D eigenvalue weighted by Crippen LogP contribution is -2.05. The maximum absolute atomic E-state index is 10.7. The summed E-state index contributed by atoms with van der Waals surface area (Å²) in [5.74, 6) is -1.26. The number of hydrogen-bond acceptors (Lipinski definition) is 3. The van der Waals surface area contributed by atoms with E-state index in [0.29, 0.717) is 0 Å². The predicted molar refractivity (Wildman–Crippen MR) is 53.9 cm³/mol. The van der Waals surface area contributed by atoms with Gasteiger partial charge < -0.3 is 5.11 Å². The minimum absolute atomic E-state index is 0.456. The van der Waals surface area contributed by atoms with Crippen LogP contribution in [0.1, 0.15) is 23.4 Å². The zero-order chi connectivity index (χ0) is 10.3. The standard InChI is InChI=1S/C9H10N2O2S/c1-5-3-11-4-7(6(2)8(12)13)14-9(11)10-5/h3-4,6H,1-2H3,(H,12,13). The summed E-state index contributed by atoms with van der Waals surface area (Å²) in [6.07, 6.45) is 3.72. The fourth-order valence-corrected chi connectivity index (χ4v) is 2.31. The average molecular weight is 210 g/mol. The zero-order valence-electron chi connectivity index (χ0n) is 7.89. The number of carboxylic acids is 1. The topological polar surface area (TPSA) is 54.6 Å². The number of thiazole rings is 1. The van der Waals surface area contributed by atoms with Crippen molar-refractivity contribution in [3.05, 3.63) is 23.0 Å². The number of aliphatic carboxylic acids is 1. The summed E-state index contributed by atoms with van der Waals surface area (Å²) in [7, 11) is 0. The summed E-state index contributed by atoms with van der Waals surface area (Å²) in [5, 5.41) is 8.83. The fourth-order valence-electron chi connectivity index (χ4n) is 1.25. The van der Waals surface area contributed by atoms with Gasteiger partial charge in [0.15, 0.2) is 4.96 Å². The first-order valence-electron chi connectivity index (χ1n) is 4.26. The number of aromatic nitrogens is 2. The number of fused-ring (bicyclic) bond motifs is 1. The lowest BCUT2D eigenvalue weighted by atomic mass is 10.2. The summed E-state index contributed by atoms with van der Waals surface area (Å²) in [5.41, 5.74) is 0.950.